The summed E-state index contributed by atoms with van der Waals surface area (Å²) >= 11 is 0. The Morgan fingerprint density at radius 3 is 2.08 bits per heavy atom. The summed E-state index contributed by atoms with van der Waals surface area (Å²) in [4.78, 5) is 46.6. The zero-order valence-electron chi connectivity index (χ0n) is 15.4. The first-order valence-corrected chi connectivity index (χ1v) is 8.67. The maximum Gasteiger partial charge on any atom is 0.326 e. The number of amides is 3. The number of unbranched alkanes of at least 4 members (excludes halogenated alkanes) is 1. The van der Waals surface area contributed by atoms with Crippen LogP contribution < -0.4 is 27.8 Å². The second kappa shape index (κ2) is 12.2. The van der Waals surface area contributed by atoms with Crippen molar-refractivity contribution >= 4 is 23.7 Å². The van der Waals surface area contributed by atoms with Crippen molar-refractivity contribution in [3.8, 4) is 0 Å². The largest absolute Gasteiger partial charge is 0.480 e. The average Bonchev–Trinajstić information content (AvgIpc) is 2.55. The van der Waals surface area contributed by atoms with E-state index in [1.807, 2.05) is 0 Å². The summed E-state index contributed by atoms with van der Waals surface area (Å²) in [6.07, 6.45) is 1.56. The third kappa shape index (κ3) is 9.33. The minimum Gasteiger partial charge on any atom is -0.480 e. The van der Waals surface area contributed by atoms with Crippen LogP contribution in [0.4, 0.5) is 0 Å². The summed E-state index contributed by atoms with van der Waals surface area (Å²) in [7, 11) is 0. The molecule has 0 bridgehead atoms. The highest BCUT2D eigenvalue weighted by molar-refractivity contribution is 5.92. The van der Waals surface area contributed by atoms with Gasteiger partial charge in [0.1, 0.15) is 12.1 Å². The highest BCUT2D eigenvalue weighted by Crippen LogP contribution is 2.06. The highest BCUT2D eigenvalue weighted by Gasteiger charge is 2.29. The van der Waals surface area contributed by atoms with Crippen molar-refractivity contribution in [1.29, 1.82) is 0 Å². The molecule has 0 aliphatic heterocycles. The predicted molar refractivity (Wildman–Crippen MR) is 95.6 cm³/mol. The number of nitrogens with two attached hydrogens (primary N) is 3. The van der Waals surface area contributed by atoms with Crippen molar-refractivity contribution in [3.63, 3.8) is 0 Å². The number of carbonyl (C=O) groups is 4. The summed E-state index contributed by atoms with van der Waals surface area (Å²) < 4.78 is 0. The molecule has 0 aromatic rings. The van der Waals surface area contributed by atoms with Crippen molar-refractivity contribution < 1.29 is 24.3 Å². The van der Waals surface area contributed by atoms with E-state index in [4.69, 9.17) is 22.3 Å². The zero-order chi connectivity index (χ0) is 20.3. The standard InChI is InChI=1S/C16H31N5O5/c1-9(2)13(21-14(23)10(18)5-3-4-8-17)15(24)20-11(16(25)26)6-7-12(19)22/h9-11,13H,3-8,17-18H2,1-2H3,(H2,19,22)(H,20,24)(H,21,23)(H,25,26)/t10-,11-,13-/m0/s1. The van der Waals surface area contributed by atoms with Crippen LogP contribution in [0.25, 0.3) is 0 Å². The molecule has 0 aromatic carbocycles. The Hall–Kier alpha value is -2.20. The van der Waals surface area contributed by atoms with Crippen LogP contribution in [0.15, 0.2) is 0 Å². The molecular weight excluding hydrogens is 342 g/mol. The zero-order valence-corrected chi connectivity index (χ0v) is 15.4. The second-order valence-corrected chi connectivity index (χ2v) is 6.53. The van der Waals surface area contributed by atoms with E-state index in [1.165, 1.54) is 0 Å². The van der Waals surface area contributed by atoms with Gasteiger partial charge in [0, 0.05) is 6.42 Å². The number of nitrogens with one attached hydrogen (secondary N) is 2. The lowest BCUT2D eigenvalue weighted by Gasteiger charge is -2.25. The third-order valence-corrected chi connectivity index (χ3v) is 3.85. The lowest BCUT2D eigenvalue weighted by Crippen LogP contribution is -2.56. The number of carbonyl (C=O) groups excluding carboxylic acids is 3. The van der Waals surface area contributed by atoms with E-state index in [-0.39, 0.29) is 18.8 Å². The van der Waals surface area contributed by atoms with Gasteiger partial charge in [0.05, 0.1) is 6.04 Å². The number of aliphatic carboxylic acids is 1. The quantitative estimate of drug-likeness (QED) is 0.210. The van der Waals surface area contributed by atoms with E-state index in [0.717, 1.165) is 6.42 Å². The minimum atomic E-state index is -1.29. The molecule has 9 N–H and O–H groups in total. The summed E-state index contributed by atoms with van der Waals surface area (Å²) in [5.74, 6) is -3.38. The van der Waals surface area contributed by atoms with Crippen molar-refractivity contribution in [1.82, 2.24) is 10.6 Å². The van der Waals surface area contributed by atoms with Crippen LogP contribution in [0.1, 0.15) is 46.0 Å². The van der Waals surface area contributed by atoms with Gasteiger partial charge in [-0.3, -0.25) is 14.4 Å². The molecule has 26 heavy (non-hydrogen) atoms. The van der Waals surface area contributed by atoms with Crippen LogP contribution in [0.5, 0.6) is 0 Å². The maximum atomic E-state index is 12.4. The van der Waals surface area contributed by atoms with Crippen molar-refractivity contribution in [2.75, 3.05) is 6.54 Å². The molecule has 0 rings (SSSR count). The molecule has 0 saturated heterocycles. The summed E-state index contributed by atoms with van der Waals surface area (Å²) in [5, 5.41) is 14.1. The number of hydrogen-bond donors (Lipinski definition) is 6. The summed E-state index contributed by atoms with van der Waals surface area (Å²) in [6, 6.07) is -2.99. The molecule has 0 unspecified atom stereocenters. The summed E-state index contributed by atoms with van der Waals surface area (Å²) in [6.45, 7) is 3.93. The highest BCUT2D eigenvalue weighted by atomic mass is 16.4. The van der Waals surface area contributed by atoms with E-state index < -0.39 is 41.8 Å². The first kappa shape index (κ1) is 23.8. The Kier molecular flexibility index (Phi) is 11.2. The summed E-state index contributed by atoms with van der Waals surface area (Å²) in [5.41, 5.74) is 16.2. The topological polar surface area (TPSA) is 191 Å². The Morgan fingerprint density at radius 2 is 1.62 bits per heavy atom. The number of hydrogen-bond acceptors (Lipinski definition) is 6. The number of rotatable bonds is 13. The van der Waals surface area contributed by atoms with Gasteiger partial charge in [0.2, 0.25) is 17.7 Å². The SMILES string of the molecule is CC(C)[C@H](NC(=O)[C@@H](N)CCCCN)C(=O)N[C@@H](CCC(N)=O)C(=O)O. The molecule has 3 atom stereocenters. The first-order chi connectivity index (χ1) is 12.1. The molecular formula is C16H31N5O5. The van der Waals surface area contributed by atoms with Gasteiger partial charge in [-0.2, -0.15) is 0 Å². The van der Waals surface area contributed by atoms with E-state index in [1.54, 1.807) is 13.8 Å². The Balaban J connectivity index is 4.84. The first-order valence-electron chi connectivity index (χ1n) is 8.67. The molecule has 0 heterocycles. The molecule has 10 heteroatoms. The Labute approximate surface area is 153 Å². The fourth-order valence-corrected chi connectivity index (χ4v) is 2.24. The van der Waals surface area contributed by atoms with Gasteiger partial charge >= 0.3 is 5.97 Å². The van der Waals surface area contributed by atoms with Gasteiger partial charge in [-0.05, 0) is 31.7 Å². The van der Waals surface area contributed by atoms with Crippen LogP contribution in [0, 0.1) is 5.92 Å². The Bertz CT molecular complexity index is 497. The van der Waals surface area contributed by atoms with Crippen molar-refractivity contribution in [2.24, 2.45) is 23.1 Å². The molecule has 0 fully saturated rings. The molecule has 0 saturated carbocycles. The van der Waals surface area contributed by atoms with Gasteiger partial charge in [-0.1, -0.05) is 20.3 Å². The fraction of sp³-hybridized carbons (Fsp3) is 0.750. The molecule has 0 aliphatic carbocycles. The van der Waals surface area contributed by atoms with E-state index in [2.05, 4.69) is 10.6 Å². The van der Waals surface area contributed by atoms with Gasteiger partial charge in [0.15, 0.2) is 0 Å². The van der Waals surface area contributed by atoms with Gasteiger partial charge < -0.3 is 32.9 Å². The predicted octanol–water partition coefficient (Wildman–Crippen LogP) is -1.58. The third-order valence-electron chi connectivity index (χ3n) is 3.85. The molecule has 0 spiro atoms. The monoisotopic (exact) mass is 373 g/mol. The molecule has 0 aliphatic rings. The van der Waals surface area contributed by atoms with E-state index in [9.17, 15) is 19.2 Å². The van der Waals surface area contributed by atoms with Crippen molar-refractivity contribution in [2.45, 2.75) is 64.1 Å². The van der Waals surface area contributed by atoms with E-state index in [0.29, 0.717) is 19.4 Å². The smallest absolute Gasteiger partial charge is 0.326 e. The maximum absolute atomic E-state index is 12.4. The second-order valence-electron chi connectivity index (χ2n) is 6.53. The molecule has 150 valence electrons. The number of carboxylic acids is 1. The lowest BCUT2D eigenvalue weighted by molar-refractivity contribution is -0.142. The van der Waals surface area contributed by atoms with Crippen LogP contribution >= 0.6 is 0 Å². The number of carboxylic acid groups (broad SMARTS) is 1. The van der Waals surface area contributed by atoms with Crippen LogP contribution in [-0.2, 0) is 19.2 Å². The molecule has 3 amide bonds. The molecule has 0 radical (unpaired) electrons. The van der Waals surface area contributed by atoms with Crippen LogP contribution in [-0.4, -0.2) is 53.5 Å². The molecule has 10 nitrogen and oxygen atoms in total. The van der Waals surface area contributed by atoms with Gasteiger partial charge in [-0.25, -0.2) is 4.79 Å². The van der Waals surface area contributed by atoms with Crippen LogP contribution in [0.3, 0.4) is 0 Å². The van der Waals surface area contributed by atoms with Crippen molar-refractivity contribution in [3.05, 3.63) is 0 Å². The lowest BCUT2D eigenvalue weighted by atomic mass is 10.0. The molecule has 0 aromatic heterocycles. The van der Waals surface area contributed by atoms with E-state index >= 15 is 0 Å². The van der Waals surface area contributed by atoms with Gasteiger partial charge in [0.25, 0.3) is 0 Å². The fourth-order valence-electron chi connectivity index (χ4n) is 2.24. The average molecular weight is 373 g/mol. The van der Waals surface area contributed by atoms with Gasteiger partial charge in [-0.15, -0.1) is 0 Å². The minimum absolute atomic E-state index is 0.131. The normalized spacial score (nSPS) is 14.3. The Morgan fingerprint density at radius 1 is 1.00 bits per heavy atom. The van der Waals surface area contributed by atoms with Crippen LogP contribution in [0.2, 0.25) is 0 Å². The number of primary amides is 1.